The van der Waals surface area contributed by atoms with Crippen LogP contribution in [0.1, 0.15) is 23.3 Å². The Morgan fingerprint density at radius 2 is 2.22 bits per heavy atom. The highest BCUT2D eigenvalue weighted by Crippen LogP contribution is 2.13. The lowest BCUT2D eigenvalue weighted by Gasteiger charge is -2.09. The van der Waals surface area contributed by atoms with Crippen molar-refractivity contribution in [3.8, 4) is 6.01 Å². The number of hydrogen-bond acceptors (Lipinski definition) is 5. The average molecular weight is 265 g/mol. The quantitative estimate of drug-likeness (QED) is 0.843. The molecule has 0 bridgehead atoms. The van der Waals surface area contributed by atoms with Crippen LogP contribution >= 0.6 is 11.3 Å². The van der Waals surface area contributed by atoms with Crippen LogP contribution in [0.3, 0.4) is 0 Å². The molecule has 0 aliphatic heterocycles. The van der Waals surface area contributed by atoms with Gasteiger partial charge in [0.25, 0.3) is 11.6 Å². The number of hydrogen-bond donors (Lipinski definition) is 0. The van der Waals surface area contributed by atoms with Crippen molar-refractivity contribution >= 4 is 11.3 Å². The second-order valence-corrected chi connectivity index (χ2v) is 4.84. The van der Waals surface area contributed by atoms with Crippen LogP contribution in [0.25, 0.3) is 0 Å². The monoisotopic (exact) mass is 265 g/mol. The molecule has 18 heavy (non-hydrogen) atoms. The van der Waals surface area contributed by atoms with Crippen molar-refractivity contribution in [2.24, 2.45) is 0 Å². The first-order valence-corrected chi connectivity index (χ1v) is 6.57. The van der Waals surface area contributed by atoms with Crippen molar-refractivity contribution in [3.05, 3.63) is 38.2 Å². The maximum absolute atomic E-state index is 11.9. The molecule has 0 N–H and O–H groups in total. The molecule has 0 aromatic carbocycles. The highest BCUT2D eigenvalue weighted by molar-refractivity contribution is 7.09. The van der Waals surface area contributed by atoms with Gasteiger partial charge in [-0.05, 0) is 13.3 Å². The predicted octanol–water partition coefficient (Wildman–Crippen LogP) is 1.63. The molecule has 2 aromatic heterocycles. The summed E-state index contributed by atoms with van der Waals surface area (Å²) < 4.78 is 6.63. The minimum Gasteiger partial charge on any atom is -0.468 e. The van der Waals surface area contributed by atoms with Gasteiger partial charge in [-0.25, -0.2) is 9.97 Å². The maximum Gasteiger partial charge on any atom is 0.299 e. The number of aromatic nitrogens is 3. The molecule has 0 aliphatic carbocycles. The Bertz CT molecular complexity index is 604. The third-order valence-electron chi connectivity index (χ3n) is 2.51. The molecule has 0 saturated heterocycles. The molecule has 2 heterocycles. The molecule has 2 rings (SSSR count). The molecule has 0 saturated carbocycles. The fraction of sp³-hybridized carbons (Fsp3) is 0.417. The zero-order chi connectivity index (χ0) is 13.1. The van der Waals surface area contributed by atoms with E-state index in [0.717, 1.165) is 17.1 Å². The van der Waals surface area contributed by atoms with Crippen LogP contribution in [0.5, 0.6) is 6.01 Å². The number of rotatable bonds is 4. The van der Waals surface area contributed by atoms with E-state index >= 15 is 0 Å². The first-order valence-electron chi connectivity index (χ1n) is 5.69. The molecule has 0 amide bonds. The Labute approximate surface area is 109 Å². The van der Waals surface area contributed by atoms with E-state index in [-0.39, 0.29) is 5.56 Å². The van der Waals surface area contributed by atoms with Crippen molar-refractivity contribution in [2.75, 3.05) is 7.11 Å². The fourth-order valence-electron chi connectivity index (χ4n) is 1.64. The highest BCUT2D eigenvalue weighted by Gasteiger charge is 2.09. The van der Waals surface area contributed by atoms with E-state index < -0.39 is 0 Å². The summed E-state index contributed by atoms with van der Waals surface area (Å²) in [5.74, 6) is 0. The summed E-state index contributed by atoms with van der Waals surface area (Å²) in [4.78, 5) is 20.5. The first kappa shape index (κ1) is 12.8. The maximum atomic E-state index is 11.9. The van der Waals surface area contributed by atoms with E-state index in [1.165, 1.54) is 17.7 Å². The van der Waals surface area contributed by atoms with E-state index in [4.69, 9.17) is 4.74 Å². The Morgan fingerprint density at radius 3 is 2.83 bits per heavy atom. The van der Waals surface area contributed by atoms with Crippen molar-refractivity contribution in [2.45, 2.75) is 26.8 Å². The summed E-state index contributed by atoms with van der Waals surface area (Å²) in [7, 11) is 1.51. The highest BCUT2D eigenvalue weighted by atomic mass is 32.1. The lowest BCUT2D eigenvalue weighted by Crippen LogP contribution is -2.23. The molecular weight excluding hydrogens is 250 g/mol. The molecular formula is C12H15N3O2S. The van der Waals surface area contributed by atoms with Crippen LogP contribution in [0.4, 0.5) is 0 Å². The summed E-state index contributed by atoms with van der Waals surface area (Å²) >= 11 is 1.60. The van der Waals surface area contributed by atoms with Gasteiger partial charge in [0, 0.05) is 17.1 Å². The van der Waals surface area contributed by atoms with E-state index in [9.17, 15) is 4.79 Å². The Morgan fingerprint density at radius 1 is 1.44 bits per heavy atom. The van der Waals surface area contributed by atoms with Gasteiger partial charge in [-0.3, -0.25) is 9.36 Å². The third kappa shape index (κ3) is 2.59. The van der Waals surface area contributed by atoms with E-state index in [1.54, 1.807) is 18.3 Å². The van der Waals surface area contributed by atoms with E-state index in [2.05, 4.69) is 16.9 Å². The lowest BCUT2D eigenvalue weighted by molar-refractivity contribution is 0.349. The van der Waals surface area contributed by atoms with E-state index in [1.807, 2.05) is 5.38 Å². The normalized spacial score (nSPS) is 10.6. The van der Waals surface area contributed by atoms with Gasteiger partial charge in [0.05, 0.1) is 24.4 Å². The SMILES string of the molecule is CCc1nc(Cn2c(OC)nc(C)cc2=O)cs1. The summed E-state index contributed by atoms with van der Waals surface area (Å²) in [6, 6.07) is 1.82. The molecule has 0 spiro atoms. The summed E-state index contributed by atoms with van der Waals surface area (Å²) in [5.41, 5.74) is 1.40. The van der Waals surface area contributed by atoms with Gasteiger partial charge in [0.2, 0.25) is 0 Å². The van der Waals surface area contributed by atoms with Crippen LogP contribution < -0.4 is 10.3 Å². The van der Waals surface area contributed by atoms with Crippen molar-refractivity contribution in [3.63, 3.8) is 0 Å². The van der Waals surface area contributed by atoms with Gasteiger partial charge in [0.1, 0.15) is 0 Å². The molecule has 6 heteroatoms. The standard InChI is InChI=1S/C12H15N3O2S/c1-4-10-14-9(7-18-10)6-15-11(16)5-8(2)13-12(15)17-3/h5,7H,4,6H2,1-3H3. The van der Waals surface area contributed by atoms with Gasteiger partial charge < -0.3 is 4.74 Å². The second kappa shape index (κ2) is 5.30. The Kier molecular flexibility index (Phi) is 3.76. The Hall–Kier alpha value is -1.69. The fourth-order valence-corrected chi connectivity index (χ4v) is 2.38. The molecule has 5 nitrogen and oxygen atoms in total. The summed E-state index contributed by atoms with van der Waals surface area (Å²) in [5, 5.41) is 3.03. The molecule has 96 valence electrons. The predicted molar refractivity (Wildman–Crippen MR) is 70.4 cm³/mol. The minimum absolute atomic E-state index is 0.120. The zero-order valence-corrected chi connectivity index (χ0v) is 11.5. The van der Waals surface area contributed by atoms with Crippen molar-refractivity contribution < 1.29 is 4.74 Å². The topological polar surface area (TPSA) is 57.0 Å². The molecule has 0 fully saturated rings. The molecule has 2 aromatic rings. The van der Waals surface area contributed by atoms with Crippen molar-refractivity contribution in [1.29, 1.82) is 0 Å². The number of aryl methyl sites for hydroxylation is 2. The zero-order valence-electron chi connectivity index (χ0n) is 10.6. The van der Waals surface area contributed by atoms with Crippen LogP contribution in [-0.4, -0.2) is 21.6 Å². The number of nitrogens with zero attached hydrogens (tertiary/aromatic N) is 3. The van der Waals surface area contributed by atoms with Crippen LogP contribution in [0, 0.1) is 6.92 Å². The minimum atomic E-state index is -0.120. The van der Waals surface area contributed by atoms with Gasteiger partial charge in [-0.2, -0.15) is 0 Å². The molecule has 0 unspecified atom stereocenters. The first-order chi connectivity index (χ1) is 8.63. The molecule has 0 aliphatic rings. The van der Waals surface area contributed by atoms with Gasteiger partial charge in [-0.15, -0.1) is 11.3 Å². The average Bonchev–Trinajstić information content (AvgIpc) is 2.80. The van der Waals surface area contributed by atoms with Crippen LogP contribution in [0.2, 0.25) is 0 Å². The summed E-state index contributed by atoms with van der Waals surface area (Å²) in [6.45, 7) is 4.22. The van der Waals surface area contributed by atoms with E-state index in [0.29, 0.717) is 18.2 Å². The van der Waals surface area contributed by atoms with Crippen molar-refractivity contribution in [1.82, 2.24) is 14.5 Å². The van der Waals surface area contributed by atoms with Crippen LogP contribution in [0.15, 0.2) is 16.2 Å². The second-order valence-electron chi connectivity index (χ2n) is 3.89. The van der Waals surface area contributed by atoms with Crippen LogP contribution in [-0.2, 0) is 13.0 Å². The molecule has 0 atom stereocenters. The Balaban J connectivity index is 2.36. The number of thiazole rings is 1. The smallest absolute Gasteiger partial charge is 0.299 e. The molecule has 0 radical (unpaired) electrons. The summed E-state index contributed by atoms with van der Waals surface area (Å²) in [6.07, 6.45) is 0.906. The van der Waals surface area contributed by atoms with Gasteiger partial charge >= 0.3 is 0 Å². The third-order valence-corrected chi connectivity index (χ3v) is 3.55. The number of ether oxygens (including phenoxy) is 1. The number of methoxy groups -OCH3 is 1. The van der Waals surface area contributed by atoms with Gasteiger partial charge in [-0.1, -0.05) is 6.92 Å². The lowest BCUT2D eigenvalue weighted by atomic mass is 10.4. The largest absolute Gasteiger partial charge is 0.468 e. The van der Waals surface area contributed by atoms with Gasteiger partial charge in [0.15, 0.2) is 0 Å².